The largest absolute Gasteiger partial charge is 0.471 e. The molecule has 0 saturated heterocycles. The number of aryl methyl sites for hydroxylation is 1. The summed E-state index contributed by atoms with van der Waals surface area (Å²) in [4.78, 5) is 18.7. The van der Waals surface area contributed by atoms with Crippen molar-refractivity contribution in [2.75, 3.05) is 5.32 Å². The minimum Gasteiger partial charge on any atom is -0.471 e. The molecule has 5 rings (SSSR count). The number of ether oxygens (including phenoxy) is 1. The highest BCUT2D eigenvalue weighted by atomic mass is 35.5. The fraction of sp³-hybridized carbons (Fsp3) is 0.167. The van der Waals surface area contributed by atoms with Crippen LogP contribution >= 0.6 is 22.9 Å². The Morgan fingerprint density at radius 1 is 1.19 bits per heavy atom. The van der Waals surface area contributed by atoms with Crippen molar-refractivity contribution in [3.63, 3.8) is 0 Å². The number of nitrogens with one attached hydrogen (secondary N) is 1. The molecule has 4 heterocycles. The zero-order chi connectivity index (χ0) is 26.2. The molecule has 13 heteroatoms. The van der Waals surface area contributed by atoms with E-state index in [1.165, 1.54) is 34.5 Å². The van der Waals surface area contributed by atoms with Crippen LogP contribution in [0.4, 0.5) is 18.9 Å². The van der Waals surface area contributed by atoms with E-state index in [1.54, 1.807) is 30.3 Å². The number of anilines is 1. The Bertz CT molecular complexity index is 1590. The number of aromatic nitrogens is 5. The van der Waals surface area contributed by atoms with Gasteiger partial charge in [-0.15, -0.1) is 11.3 Å². The molecule has 4 aromatic heterocycles. The normalized spacial score (nSPS) is 11.7. The van der Waals surface area contributed by atoms with Gasteiger partial charge in [0.25, 0.3) is 5.91 Å². The molecule has 0 aliphatic rings. The minimum atomic E-state index is -4.70. The number of thiophene rings is 1. The molecule has 190 valence electrons. The van der Waals surface area contributed by atoms with Gasteiger partial charge in [0.1, 0.15) is 5.75 Å². The molecule has 0 spiro atoms. The van der Waals surface area contributed by atoms with Gasteiger partial charge in [0.05, 0.1) is 28.7 Å². The number of alkyl halides is 3. The number of halogens is 4. The lowest BCUT2D eigenvalue weighted by Crippen LogP contribution is -2.15. The lowest BCUT2D eigenvalue weighted by atomic mass is 10.2. The summed E-state index contributed by atoms with van der Waals surface area (Å²) in [5.74, 6) is -0.168. The van der Waals surface area contributed by atoms with E-state index in [-0.39, 0.29) is 23.8 Å². The fourth-order valence-corrected chi connectivity index (χ4v) is 4.60. The SMILES string of the molecule is CCc1ccc(-c2cc(C(F)(F)F)n3nc(C(=O)Nc4cnn(COc5cccc(Cl)c5)c4)cc3n2)s1. The van der Waals surface area contributed by atoms with Gasteiger partial charge in [-0.3, -0.25) is 4.79 Å². The molecule has 0 bridgehead atoms. The van der Waals surface area contributed by atoms with Gasteiger partial charge < -0.3 is 10.1 Å². The quantitative estimate of drug-likeness (QED) is 0.263. The van der Waals surface area contributed by atoms with E-state index in [1.807, 2.05) is 13.0 Å². The Labute approximate surface area is 217 Å². The Morgan fingerprint density at radius 2 is 2.03 bits per heavy atom. The highest BCUT2D eigenvalue weighted by Crippen LogP contribution is 2.34. The van der Waals surface area contributed by atoms with Crippen LogP contribution in [0.1, 0.15) is 28.0 Å². The first kappa shape index (κ1) is 24.8. The van der Waals surface area contributed by atoms with Gasteiger partial charge in [0.15, 0.2) is 23.8 Å². The third-order valence-electron chi connectivity index (χ3n) is 5.26. The summed E-state index contributed by atoms with van der Waals surface area (Å²) in [6, 6.07) is 12.6. The Kier molecular flexibility index (Phi) is 6.61. The number of nitrogens with zero attached hydrogens (tertiary/aromatic N) is 5. The second-order valence-electron chi connectivity index (χ2n) is 7.90. The van der Waals surface area contributed by atoms with Crippen LogP contribution in [-0.4, -0.2) is 30.3 Å². The Balaban J connectivity index is 1.37. The summed E-state index contributed by atoms with van der Waals surface area (Å²) in [6.45, 7) is 2.01. The topological polar surface area (TPSA) is 86.3 Å². The standard InChI is InChI=1S/C24H18ClF3N6O2S/c1-2-17-6-7-20(37-17)18-9-21(24(26,27)28)34-22(31-18)10-19(32-34)23(35)30-15-11-29-33(12-15)13-36-16-5-3-4-14(25)8-16/h3-12H,2,13H2,1H3,(H,30,35). The summed E-state index contributed by atoms with van der Waals surface area (Å²) in [6.07, 6.45) is -1.05. The molecule has 1 amide bonds. The van der Waals surface area contributed by atoms with Gasteiger partial charge in [0.2, 0.25) is 0 Å². The first-order chi connectivity index (χ1) is 17.7. The van der Waals surface area contributed by atoms with Gasteiger partial charge in [0, 0.05) is 16.0 Å². The molecule has 5 aromatic rings. The first-order valence-corrected chi connectivity index (χ1v) is 12.2. The van der Waals surface area contributed by atoms with E-state index in [0.717, 1.165) is 17.4 Å². The van der Waals surface area contributed by atoms with Gasteiger partial charge in [-0.2, -0.15) is 23.4 Å². The van der Waals surface area contributed by atoms with Crippen LogP contribution in [0.5, 0.6) is 5.75 Å². The van der Waals surface area contributed by atoms with Crippen LogP contribution in [0.25, 0.3) is 16.2 Å². The molecule has 0 atom stereocenters. The Morgan fingerprint density at radius 3 is 2.76 bits per heavy atom. The molecule has 1 N–H and O–H groups in total. The number of rotatable bonds is 7. The number of hydrogen-bond acceptors (Lipinski definition) is 6. The van der Waals surface area contributed by atoms with E-state index < -0.39 is 17.8 Å². The number of carbonyl (C=O) groups excluding carboxylic acids is 1. The summed E-state index contributed by atoms with van der Waals surface area (Å²) >= 11 is 7.30. The minimum absolute atomic E-state index is 0.0503. The fourth-order valence-electron chi connectivity index (χ4n) is 3.51. The highest BCUT2D eigenvalue weighted by Gasteiger charge is 2.36. The van der Waals surface area contributed by atoms with Crippen molar-refractivity contribution in [1.82, 2.24) is 24.4 Å². The molecule has 8 nitrogen and oxygen atoms in total. The molecular weight excluding hydrogens is 529 g/mol. The second kappa shape index (κ2) is 9.87. The molecule has 37 heavy (non-hydrogen) atoms. The van der Waals surface area contributed by atoms with E-state index >= 15 is 0 Å². The average Bonchev–Trinajstić information content (AvgIpc) is 3.60. The third-order valence-corrected chi connectivity index (χ3v) is 6.75. The zero-order valence-electron chi connectivity index (χ0n) is 19.2. The predicted octanol–water partition coefficient (Wildman–Crippen LogP) is 6.18. The maximum Gasteiger partial charge on any atom is 0.433 e. The third kappa shape index (κ3) is 5.44. The molecule has 0 aliphatic heterocycles. The molecule has 1 aromatic carbocycles. The van der Waals surface area contributed by atoms with Crippen molar-refractivity contribution in [3.8, 4) is 16.3 Å². The summed E-state index contributed by atoms with van der Waals surface area (Å²) in [5, 5.41) is 11.1. The van der Waals surface area contributed by atoms with Crippen LogP contribution in [0, 0.1) is 0 Å². The number of amides is 1. The van der Waals surface area contributed by atoms with Crippen LogP contribution < -0.4 is 10.1 Å². The molecule has 0 saturated carbocycles. The van der Waals surface area contributed by atoms with E-state index in [2.05, 4.69) is 20.5 Å². The highest BCUT2D eigenvalue weighted by molar-refractivity contribution is 7.15. The van der Waals surface area contributed by atoms with Crippen molar-refractivity contribution >= 4 is 40.2 Å². The van der Waals surface area contributed by atoms with E-state index in [4.69, 9.17) is 16.3 Å². The van der Waals surface area contributed by atoms with Crippen LogP contribution in [-0.2, 0) is 19.3 Å². The smallest absolute Gasteiger partial charge is 0.433 e. The lowest BCUT2D eigenvalue weighted by molar-refractivity contribution is -0.142. The molecular formula is C24H18ClF3N6O2S. The number of benzene rings is 1. The van der Waals surface area contributed by atoms with E-state index in [9.17, 15) is 18.0 Å². The lowest BCUT2D eigenvalue weighted by Gasteiger charge is -2.10. The molecule has 0 radical (unpaired) electrons. The van der Waals surface area contributed by atoms with Crippen molar-refractivity contribution < 1.29 is 22.7 Å². The van der Waals surface area contributed by atoms with Gasteiger partial charge >= 0.3 is 6.18 Å². The first-order valence-electron chi connectivity index (χ1n) is 11.0. The summed E-state index contributed by atoms with van der Waals surface area (Å²) < 4.78 is 49.2. The van der Waals surface area contributed by atoms with Crippen LogP contribution in [0.3, 0.4) is 0 Å². The number of fused-ring (bicyclic) bond motifs is 1. The number of hydrogen-bond donors (Lipinski definition) is 1. The predicted molar refractivity (Wildman–Crippen MR) is 133 cm³/mol. The monoisotopic (exact) mass is 546 g/mol. The average molecular weight is 547 g/mol. The Hall–Kier alpha value is -3.90. The van der Waals surface area contributed by atoms with Crippen LogP contribution in [0.2, 0.25) is 5.02 Å². The summed E-state index contributed by atoms with van der Waals surface area (Å²) in [5.41, 5.74) is -0.862. The zero-order valence-corrected chi connectivity index (χ0v) is 20.7. The van der Waals surface area contributed by atoms with Gasteiger partial charge in [-0.05, 0) is 42.8 Å². The maximum atomic E-state index is 13.8. The van der Waals surface area contributed by atoms with Crippen molar-refractivity contribution in [2.45, 2.75) is 26.3 Å². The van der Waals surface area contributed by atoms with Crippen molar-refractivity contribution in [3.05, 3.63) is 82.2 Å². The van der Waals surface area contributed by atoms with Crippen molar-refractivity contribution in [1.29, 1.82) is 0 Å². The van der Waals surface area contributed by atoms with Crippen LogP contribution in [0.15, 0.2) is 60.9 Å². The summed E-state index contributed by atoms with van der Waals surface area (Å²) in [7, 11) is 0. The molecule has 0 aliphatic carbocycles. The molecule has 0 unspecified atom stereocenters. The maximum absolute atomic E-state index is 13.8. The van der Waals surface area contributed by atoms with Gasteiger partial charge in [-0.1, -0.05) is 24.6 Å². The van der Waals surface area contributed by atoms with Gasteiger partial charge in [-0.25, -0.2) is 14.2 Å². The molecule has 0 fully saturated rings. The van der Waals surface area contributed by atoms with Crippen molar-refractivity contribution in [2.24, 2.45) is 0 Å². The number of carbonyl (C=O) groups is 1. The van der Waals surface area contributed by atoms with E-state index in [0.29, 0.717) is 25.9 Å². The second-order valence-corrected chi connectivity index (χ2v) is 9.50.